The van der Waals surface area contributed by atoms with E-state index >= 15 is 0 Å². The lowest BCUT2D eigenvalue weighted by molar-refractivity contribution is -0.155. The third-order valence-corrected chi connectivity index (χ3v) is 5.91. The van der Waals surface area contributed by atoms with Gasteiger partial charge >= 0.3 is 11.9 Å². The molecule has 0 unspecified atom stereocenters. The lowest BCUT2D eigenvalue weighted by atomic mass is 10.0. The van der Waals surface area contributed by atoms with Crippen molar-refractivity contribution < 1.29 is 33.3 Å². The van der Waals surface area contributed by atoms with Crippen LogP contribution in [0.5, 0.6) is 17.2 Å². The van der Waals surface area contributed by atoms with E-state index in [-0.39, 0.29) is 23.1 Å². The molecule has 39 heavy (non-hydrogen) atoms. The molecule has 0 saturated heterocycles. The molecule has 1 N–H and O–H groups in total. The summed E-state index contributed by atoms with van der Waals surface area (Å²) < 4.78 is 22.2. The summed E-state index contributed by atoms with van der Waals surface area (Å²) in [5.41, 5.74) is 1.97. The topological polar surface area (TPSA) is 113 Å². The molecule has 206 valence electrons. The lowest BCUT2D eigenvalue weighted by Gasteiger charge is -2.29. The van der Waals surface area contributed by atoms with E-state index < -0.39 is 36.1 Å². The molecule has 0 aliphatic carbocycles. The summed E-state index contributed by atoms with van der Waals surface area (Å²) in [7, 11) is 1.37. The molecule has 9 nitrogen and oxygen atoms in total. The van der Waals surface area contributed by atoms with Crippen molar-refractivity contribution in [3.63, 3.8) is 0 Å². The van der Waals surface area contributed by atoms with Gasteiger partial charge in [-0.2, -0.15) is 0 Å². The van der Waals surface area contributed by atoms with E-state index in [1.165, 1.54) is 33.2 Å². The number of hydrogen-bond acceptors (Lipinski definition) is 8. The number of hydrogen-bond donors (Lipinski definition) is 1. The van der Waals surface area contributed by atoms with Crippen molar-refractivity contribution in [3.05, 3.63) is 72.6 Å². The van der Waals surface area contributed by atoms with Gasteiger partial charge in [0.2, 0.25) is 5.75 Å². The van der Waals surface area contributed by atoms with Crippen molar-refractivity contribution in [2.45, 2.75) is 52.9 Å². The van der Waals surface area contributed by atoms with Crippen molar-refractivity contribution in [1.82, 2.24) is 10.3 Å². The Labute approximate surface area is 228 Å². The van der Waals surface area contributed by atoms with Crippen LogP contribution in [0.2, 0.25) is 0 Å². The maximum atomic E-state index is 12.9. The van der Waals surface area contributed by atoms with Gasteiger partial charge in [-0.25, -0.2) is 9.78 Å². The van der Waals surface area contributed by atoms with Gasteiger partial charge in [-0.05, 0) is 43.0 Å². The van der Waals surface area contributed by atoms with Crippen LogP contribution in [-0.4, -0.2) is 48.2 Å². The number of amides is 1. The molecule has 0 saturated carbocycles. The average Bonchev–Trinajstić information content (AvgIpc) is 2.91. The van der Waals surface area contributed by atoms with E-state index in [2.05, 4.69) is 10.3 Å². The molecule has 0 spiro atoms. The maximum Gasteiger partial charge on any atom is 0.328 e. The Hall–Kier alpha value is -4.40. The number of benzene rings is 2. The molecule has 0 radical (unpaired) electrons. The van der Waals surface area contributed by atoms with Crippen LogP contribution >= 0.6 is 0 Å². The van der Waals surface area contributed by atoms with E-state index in [4.69, 9.17) is 18.9 Å². The van der Waals surface area contributed by atoms with Crippen LogP contribution in [0.25, 0.3) is 11.1 Å². The van der Waals surface area contributed by atoms with Gasteiger partial charge in [-0.3, -0.25) is 9.59 Å². The highest BCUT2D eigenvalue weighted by Gasteiger charge is 2.30. The average molecular weight is 535 g/mol. The van der Waals surface area contributed by atoms with Crippen molar-refractivity contribution in [1.29, 1.82) is 0 Å². The van der Waals surface area contributed by atoms with Crippen molar-refractivity contribution in [3.8, 4) is 28.4 Å². The summed E-state index contributed by atoms with van der Waals surface area (Å²) in [5.74, 6) is -1.32. The molecule has 3 aromatic rings. The molecule has 2 aromatic carbocycles. The third kappa shape index (κ3) is 7.80. The monoisotopic (exact) mass is 534 g/mol. The second kappa shape index (κ2) is 13.4. The fraction of sp³-hybridized carbons (Fsp3) is 0.333. The van der Waals surface area contributed by atoms with E-state index in [9.17, 15) is 14.4 Å². The first-order valence-corrected chi connectivity index (χ1v) is 12.7. The molecule has 3 rings (SSSR count). The minimum Gasteiger partial charge on any atom is -0.493 e. The zero-order valence-corrected chi connectivity index (χ0v) is 23.0. The lowest BCUT2D eigenvalue weighted by Crippen LogP contribution is -2.44. The molecule has 0 fully saturated rings. The van der Waals surface area contributed by atoms with E-state index in [0.29, 0.717) is 5.75 Å². The molecule has 0 bridgehead atoms. The van der Waals surface area contributed by atoms with Crippen molar-refractivity contribution >= 4 is 17.8 Å². The number of esters is 2. The van der Waals surface area contributed by atoms with Gasteiger partial charge in [-0.15, -0.1) is 0 Å². The second-order valence-corrected chi connectivity index (χ2v) is 9.34. The Morgan fingerprint density at radius 1 is 0.872 bits per heavy atom. The Morgan fingerprint density at radius 2 is 1.51 bits per heavy atom. The van der Waals surface area contributed by atoms with Crippen molar-refractivity contribution in [2.75, 3.05) is 7.11 Å². The molecule has 1 amide bonds. The third-order valence-electron chi connectivity index (χ3n) is 5.91. The Morgan fingerprint density at radius 3 is 2.10 bits per heavy atom. The van der Waals surface area contributed by atoms with Gasteiger partial charge in [-0.1, -0.05) is 56.3 Å². The number of carbonyl (C=O) groups excluding carboxylic acids is 3. The zero-order chi connectivity index (χ0) is 28.5. The summed E-state index contributed by atoms with van der Waals surface area (Å²) in [6.07, 6.45) is 0.287. The number of ether oxygens (including phenoxy) is 4. The summed E-state index contributed by atoms with van der Waals surface area (Å²) >= 11 is 0. The smallest absolute Gasteiger partial charge is 0.328 e. The minimum absolute atomic E-state index is 0.0266. The van der Waals surface area contributed by atoms with Gasteiger partial charge in [0.1, 0.15) is 24.0 Å². The number of pyridine rings is 1. The zero-order valence-electron chi connectivity index (χ0n) is 23.0. The van der Waals surface area contributed by atoms with Crippen LogP contribution in [0.15, 0.2) is 66.9 Å². The quantitative estimate of drug-likeness (QED) is 0.348. The van der Waals surface area contributed by atoms with E-state index in [1.54, 1.807) is 6.92 Å². The Bertz CT molecular complexity index is 1280. The highest BCUT2D eigenvalue weighted by molar-refractivity contribution is 5.98. The van der Waals surface area contributed by atoms with Crippen LogP contribution in [0.1, 0.15) is 45.1 Å². The van der Waals surface area contributed by atoms with Gasteiger partial charge in [0.05, 0.1) is 7.11 Å². The number of methoxy groups -OCH3 is 1. The molecule has 0 aliphatic heterocycles. The molecule has 3 atom stereocenters. The largest absolute Gasteiger partial charge is 0.493 e. The number of carbonyl (C=O) groups is 3. The predicted octanol–water partition coefficient (Wildman–Crippen LogP) is 4.84. The molecular weight excluding hydrogens is 500 g/mol. The molecule has 1 heterocycles. The molecule has 1 aromatic heterocycles. The van der Waals surface area contributed by atoms with Crippen LogP contribution in [0.4, 0.5) is 0 Å². The van der Waals surface area contributed by atoms with Crippen molar-refractivity contribution in [2.24, 2.45) is 5.92 Å². The summed E-state index contributed by atoms with van der Waals surface area (Å²) in [4.78, 5) is 41.3. The van der Waals surface area contributed by atoms with Gasteiger partial charge in [0.15, 0.2) is 11.4 Å². The first-order chi connectivity index (χ1) is 18.6. The van der Waals surface area contributed by atoms with Gasteiger partial charge in [0.25, 0.3) is 5.91 Å². The van der Waals surface area contributed by atoms with E-state index in [1.807, 2.05) is 68.4 Å². The SMILES string of the molecule is COc1ccnc(C(=O)N[C@@H](C)C(=O)O[C@@H](C)[C@H](Oc2ccc(-c3ccccc3)cc2)C(C)C)c1OC(C)=O. The fourth-order valence-corrected chi connectivity index (χ4v) is 3.96. The first kappa shape index (κ1) is 29.2. The Balaban J connectivity index is 1.65. The predicted molar refractivity (Wildman–Crippen MR) is 146 cm³/mol. The maximum absolute atomic E-state index is 12.9. The number of rotatable bonds is 11. The second-order valence-electron chi connectivity index (χ2n) is 9.34. The van der Waals surface area contributed by atoms with Crippen LogP contribution in [-0.2, 0) is 14.3 Å². The Kier molecular flexibility index (Phi) is 10.0. The number of aromatic nitrogens is 1. The molecule has 9 heteroatoms. The van der Waals surface area contributed by atoms with Gasteiger partial charge in [0, 0.05) is 19.2 Å². The highest BCUT2D eigenvalue weighted by Crippen LogP contribution is 2.30. The van der Waals surface area contributed by atoms with Crippen LogP contribution in [0.3, 0.4) is 0 Å². The highest BCUT2D eigenvalue weighted by atomic mass is 16.6. The molecule has 0 aliphatic rings. The fourth-order valence-electron chi connectivity index (χ4n) is 3.96. The number of nitrogens with zero attached hydrogens (tertiary/aromatic N) is 1. The van der Waals surface area contributed by atoms with Crippen LogP contribution in [0, 0.1) is 5.92 Å². The summed E-state index contributed by atoms with van der Waals surface area (Å²) in [6.45, 7) is 8.39. The van der Waals surface area contributed by atoms with Crippen LogP contribution < -0.4 is 19.5 Å². The molecular formula is C30H34N2O7. The minimum atomic E-state index is -1.02. The summed E-state index contributed by atoms with van der Waals surface area (Å²) in [6, 6.07) is 18.2. The number of nitrogens with one attached hydrogen (secondary N) is 1. The van der Waals surface area contributed by atoms with Gasteiger partial charge < -0.3 is 24.3 Å². The summed E-state index contributed by atoms with van der Waals surface area (Å²) in [5, 5.41) is 2.54. The standard InChI is InChI=1S/C30H34N2O7/c1-18(2)27(39-24-14-12-23(13-15-24)22-10-8-7-9-11-22)20(4)37-30(35)19(3)32-29(34)26-28(38-21(5)33)25(36-6)16-17-31-26/h7-20,27H,1-6H3,(H,32,34)/t19-,20-,27+/m0/s1. The normalized spacial score (nSPS) is 13.1. The van der Waals surface area contributed by atoms with E-state index in [0.717, 1.165) is 11.1 Å². The first-order valence-electron chi connectivity index (χ1n) is 12.7.